The number of hydrogen-bond donors (Lipinski definition) is 7. The third-order valence-electron chi connectivity index (χ3n) is 12.5. The number of anilines is 1. The van der Waals surface area contributed by atoms with E-state index >= 15 is 0 Å². The molecule has 0 fully saturated rings. The van der Waals surface area contributed by atoms with Crippen LogP contribution >= 0.6 is 166 Å². The standard InChI is InChI=1S/C12H6BrNO3S.C12H8BrNS.2C12H7BrOS.C12H7BrS.Cl2.3ClH.HNO3.HNO2.Na.2H2O4S.2H2O.Sn/c13-7-1-3-9-10-4-2-8(14(15)16)6-12(10)18(17)11(9)5-7;2*13-7-1-3-9-10-4-2-8(14)6-12(10)15-11(9)5-7;13-8-5-6-10-9-3-1-2-4-11(9)15(14)12(10)7-8;13-8-5-6-10-9-3-1-2-4-11(9)14-12(10)7-8;1-2;;;;2-1(3)4;2-1-3;;2*1-5(2,3)4;;;/h1-6H;1-6H,14H2;1-6,14H;1-7H;1-7H;;3*1H;(H,2,3,4);(H,2,3);;2*(H2,1,2,3,4);2*1H2;/q;;;;;;;;;;;+1;;;;;+2/p-3. The number of thiophene rings is 3. The molecule has 10 aromatic carbocycles. The second-order valence-electron chi connectivity index (χ2n) is 18.7. The minimum Gasteiger partial charge on any atom is 1.00 e. The zero-order chi connectivity index (χ0) is 73.6. The number of hydrogen-bond acceptors (Lipinski definition) is 18. The molecule has 0 spiro atoms. The molecule has 2 unspecified atom stereocenters. The molecule has 15 rings (SSSR count). The number of phenols is 1. The molecule has 2 aliphatic rings. The van der Waals surface area contributed by atoms with Crippen molar-refractivity contribution >= 4 is 299 Å². The zero-order valence-electron chi connectivity index (χ0n) is 51.1. The molecule has 43 heteroatoms. The van der Waals surface area contributed by atoms with Gasteiger partial charge in [0.05, 0.1) is 46.1 Å². The number of non-ortho nitro benzene ring substituents is 1. The summed E-state index contributed by atoms with van der Waals surface area (Å²) in [5.41, 5.74) is 10.4. The molecule has 13 aromatic rings. The van der Waals surface area contributed by atoms with E-state index in [-0.39, 0.29) is 58.6 Å². The first-order chi connectivity index (χ1) is 46.7. The third kappa shape index (κ3) is 29.9. The maximum Gasteiger partial charge on any atom is 1.00 e. The van der Waals surface area contributed by atoms with Crippen LogP contribution < -0.4 is 35.3 Å². The van der Waals surface area contributed by atoms with E-state index in [0.717, 1.165) is 70.1 Å². The van der Waals surface area contributed by atoms with Crippen LogP contribution in [-0.2, 0) is 42.4 Å². The van der Waals surface area contributed by atoms with Gasteiger partial charge in [-0.3, -0.25) is 28.3 Å². The van der Waals surface area contributed by atoms with E-state index in [4.69, 9.17) is 84.1 Å². The van der Waals surface area contributed by atoms with Crippen molar-refractivity contribution in [3.63, 3.8) is 0 Å². The van der Waals surface area contributed by atoms with Crippen LogP contribution in [0.5, 0.6) is 5.75 Å². The fourth-order valence-electron chi connectivity index (χ4n) is 9.04. The summed E-state index contributed by atoms with van der Waals surface area (Å²) in [5, 5.41) is 50.5. The molecule has 3 aromatic heterocycles. The first kappa shape index (κ1) is 97.1. The number of nitro benzene ring substituents is 1. The molecule has 2 radical (unpaired) electrons. The van der Waals surface area contributed by atoms with E-state index < -0.39 is 71.3 Å². The summed E-state index contributed by atoms with van der Waals surface area (Å²) in [6, 6.07) is 63.0. The first-order valence-corrected chi connectivity index (χ1v) is 46.0. The Hall–Kier alpha value is -3.93. The van der Waals surface area contributed by atoms with E-state index in [0.29, 0.717) is 15.5 Å². The SMILES string of the molecule is Brc1ccc2c(c1)sc1ccccc12.Cl.ClCl.Nc1ccc2c(c1)sc1cc(Br)ccc12.O.O.O=N[O-].O=S(=O)(O)O.O=S(=O)(O)O.O=S1c2ccccc2-c2ccc(Br)cc21.O=[N+]([O-])O.O=[N+]([O-])c1ccc2c(c1)S(=O)c1cc(Br)ccc1-2.Oc1ccc2c(c1)sc1cc(Br)ccc12.[Cl][Sn][Cl].[Na+]. The number of nitrogens with zero attached hydrogens (tertiary/aromatic N) is 3. The number of nitro groups is 1. The van der Waals surface area contributed by atoms with Crippen LogP contribution in [0.4, 0.5) is 11.4 Å². The van der Waals surface area contributed by atoms with Gasteiger partial charge in [0, 0.05) is 122 Å². The summed E-state index contributed by atoms with van der Waals surface area (Å²) in [5.74, 6) is 0.327. The number of fused-ring (bicyclic) bond motifs is 15. The Morgan fingerprint density at radius 1 is 0.466 bits per heavy atom. The number of phenolic OH excluding ortho intramolecular Hbond substituents is 1. The molecule has 0 saturated carbocycles. The van der Waals surface area contributed by atoms with Gasteiger partial charge in [-0.05, 0) is 131 Å². The van der Waals surface area contributed by atoms with E-state index in [2.05, 4.69) is 180 Å². The van der Waals surface area contributed by atoms with Crippen molar-refractivity contribution in [2.24, 2.45) is 5.34 Å². The Balaban J connectivity index is 0.000000596. The van der Waals surface area contributed by atoms with Gasteiger partial charge in [-0.25, -0.2) is 8.42 Å². The quantitative estimate of drug-likeness (QED) is 0.0200. The van der Waals surface area contributed by atoms with Crippen molar-refractivity contribution in [3.8, 4) is 28.0 Å². The van der Waals surface area contributed by atoms with Crippen LogP contribution in [0.2, 0.25) is 0 Å². The molecule has 24 nitrogen and oxygen atoms in total. The van der Waals surface area contributed by atoms with E-state index in [9.17, 15) is 23.6 Å². The maximum atomic E-state index is 12.3. The summed E-state index contributed by atoms with van der Waals surface area (Å²) in [6.45, 7) is 0. The summed E-state index contributed by atoms with van der Waals surface area (Å²) in [7, 11) is 6.40. The van der Waals surface area contributed by atoms with Gasteiger partial charge >= 0.3 is 87.1 Å². The number of halogens is 10. The van der Waals surface area contributed by atoms with Crippen LogP contribution in [0, 0.1) is 30.3 Å². The summed E-state index contributed by atoms with van der Waals surface area (Å²) < 4.78 is 100. The summed E-state index contributed by atoms with van der Waals surface area (Å²) in [6.07, 6.45) is 0. The molecule has 0 amide bonds. The van der Waals surface area contributed by atoms with E-state index in [1.54, 1.807) is 40.9 Å². The van der Waals surface area contributed by atoms with Crippen molar-refractivity contribution in [1.29, 1.82) is 0 Å². The predicted molar refractivity (Wildman–Crippen MR) is 432 cm³/mol. The number of nitrogen functional groups attached to an aromatic ring is 1. The molecule has 2 aliphatic heterocycles. The van der Waals surface area contributed by atoms with Gasteiger partial charge in [0.2, 0.25) is 0 Å². The monoisotopic (exact) mass is 2080 g/mol. The van der Waals surface area contributed by atoms with Gasteiger partial charge in [0.15, 0.2) is 0 Å². The summed E-state index contributed by atoms with van der Waals surface area (Å²) in [4.78, 5) is 29.7. The largest absolute Gasteiger partial charge is 1.00 e. The van der Waals surface area contributed by atoms with Crippen LogP contribution in [0.3, 0.4) is 0 Å². The fraction of sp³-hybridized carbons (Fsp3) is 0. The molecule has 542 valence electrons. The van der Waals surface area contributed by atoms with E-state index in [1.807, 2.05) is 96.3 Å². The van der Waals surface area contributed by atoms with Crippen molar-refractivity contribution in [2.45, 2.75) is 19.6 Å². The molecule has 0 saturated heterocycles. The van der Waals surface area contributed by atoms with Crippen molar-refractivity contribution in [1.82, 2.24) is 0 Å². The first-order valence-electron chi connectivity index (χ1n) is 26.1. The Morgan fingerprint density at radius 3 is 1.17 bits per heavy atom. The second-order valence-corrected chi connectivity index (χ2v) is 35.4. The summed E-state index contributed by atoms with van der Waals surface area (Å²) >= 11 is 21.7. The average Bonchev–Trinajstić information content (AvgIpc) is 1.63. The maximum absolute atomic E-state index is 12.3. The topological polar surface area (TPSA) is 452 Å². The molecular formula is C60H45Br5Cl5N4NaO20S7Sn. The number of aromatic hydroxyl groups is 1. The van der Waals surface area contributed by atoms with Crippen LogP contribution in [0.1, 0.15) is 0 Å². The van der Waals surface area contributed by atoms with Crippen molar-refractivity contribution in [3.05, 3.63) is 247 Å². The van der Waals surface area contributed by atoms with Crippen molar-refractivity contribution in [2.75, 3.05) is 5.73 Å². The van der Waals surface area contributed by atoms with Gasteiger partial charge in [-0.2, -0.15) is 16.8 Å². The van der Waals surface area contributed by atoms with Crippen LogP contribution in [0.15, 0.2) is 241 Å². The van der Waals surface area contributed by atoms with Crippen LogP contribution in [-0.4, -0.2) is 93.6 Å². The van der Waals surface area contributed by atoms with Gasteiger partial charge < -0.3 is 37.1 Å². The van der Waals surface area contributed by atoms with Crippen LogP contribution in [0.25, 0.3) is 82.8 Å². The fourth-order valence-corrected chi connectivity index (χ4v) is 18.0. The van der Waals surface area contributed by atoms with Crippen molar-refractivity contribution < 1.29 is 104 Å². The predicted octanol–water partition coefficient (Wildman–Crippen LogP) is 17.6. The zero-order valence-corrected chi connectivity index (χ0v) is 73.5. The van der Waals surface area contributed by atoms with Gasteiger partial charge in [-0.15, -0.1) is 61.9 Å². The number of rotatable bonds is 1. The Morgan fingerprint density at radius 2 is 0.748 bits per heavy atom. The molecule has 12 N–H and O–H groups in total. The van der Waals surface area contributed by atoms with Gasteiger partial charge in [0.1, 0.15) is 5.75 Å². The minimum absolute atomic E-state index is 0. The average molecular weight is 2080 g/mol. The number of benzene rings is 10. The van der Waals surface area contributed by atoms with Gasteiger partial charge in [0.25, 0.3) is 10.8 Å². The molecule has 0 bridgehead atoms. The van der Waals surface area contributed by atoms with E-state index in [1.165, 1.54) is 67.9 Å². The molecular weight excluding hydrogens is 2040 g/mol. The molecule has 103 heavy (non-hydrogen) atoms. The molecule has 5 heterocycles. The Bertz CT molecular complexity index is 5100. The molecule has 2 atom stereocenters. The normalized spacial score (nSPS) is 11.9. The van der Waals surface area contributed by atoms with Gasteiger partial charge in [-0.1, -0.05) is 152 Å². The number of nitrogens with two attached hydrogens (primary N) is 1. The third-order valence-corrected chi connectivity index (χ3v) is 21.3. The smallest absolute Gasteiger partial charge is 1.00 e. The second kappa shape index (κ2) is 46.4. The Labute approximate surface area is 699 Å². The minimum atomic E-state index is -4.67. The Kier molecular flexibility index (Phi) is 43.8. The molecule has 0 aliphatic carbocycles.